The molecule has 0 aromatic carbocycles. The molecular formula is C10H20BN2O3+. The van der Waals surface area contributed by atoms with E-state index in [0.29, 0.717) is 0 Å². The Balaban J connectivity index is 2.75. The van der Waals surface area contributed by atoms with Crippen LogP contribution in [0.4, 0.5) is 0 Å². The fourth-order valence-electron chi connectivity index (χ4n) is 1.08. The summed E-state index contributed by atoms with van der Waals surface area (Å²) in [4.78, 5) is 0. The Morgan fingerprint density at radius 3 is 2.25 bits per heavy atom. The van der Waals surface area contributed by atoms with Crippen molar-refractivity contribution < 1.29 is 19.3 Å². The Hall–Kier alpha value is -0.685. The zero-order chi connectivity index (χ0) is 12.6. The van der Waals surface area contributed by atoms with Gasteiger partial charge in [0.1, 0.15) is 6.20 Å². The van der Waals surface area contributed by atoms with Crippen LogP contribution in [0.1, 0.15) is 27.7 Å². The smallest absolute Gasteiger partial charge is 0.388 e. The highest BCUT2D eigenvalue weighted by molar-refractivity contribution is 6.34. The van der Waals surface area contributed by atoms with Gasteiger partial charge in [0.25, 0.3) is 0 Å². The lowest BCUT2D eigenvalue weighted by atomic mass is 9.87. The van der Waals surface area contributed by atoms with Crippen molar-refractivity contribution in [3.8, 4) is 0 Å². The second-order valence-corrected chi connectivity index (χ2v) is 5.22. The number of rotatable bonds is 4. The molecule has 1 heterocycles. The molecule has 1 unspecified atom stereocenters. The van der Waals surface area contributed by atoms with Crippen molar-refractivity contribution in [2.24, 2.45) is 5.10 Å². The van der Waals surface area contributed by atoms with E-state index >= 15 is 0 Å². The van der Waals surface area contributed by atoms with Crippen LogP contribution in [0.15, 0.2) is 17.4 Å². The SMILES string of the molecule is CC(C)(O)C(C)(C)OB(O)[N+]1(C)C=CC=N1. The molecule has 6 heteroatoms. The van der Waals surface area contributed by atoms with Crippen LogP contribution in [0.25, 0.3) is 0 Å². The van der Waals surface area contributed by atoms with E-state index in [1.54, 1.807) is 53.2 Å². The first kappa shape index (κ1) is 13.4. The molecule has 5 nitrogen and oxygen atoms in total. The third-order valence-electron chi connectivity index (χ3n) is 3.11. The molecule has 1 atom stereocenters. The van der Waals surface area contributed by atoms with Gasteiger partial charge in [0.2, 0.25) is 0 Å². The molecule has 0 aliphatic carbocycles. The first-order valence-corrected chi connectivity index (χ1v) is 5.26. The monoisotopic (exact) mass is 227 g/mol. The second kappa shape index (κ2) is 3.96. The number of quaternary nitrogens is 1. The van der Waals surface area contributed by atoms with E-state index in [9.17, 15) is 10.1 Å². The van der Waals surface area contributed by atoms with Crippen molar-refractivity contribution in [2.45, 2.75) is 38.9 Å². The van der Waals surface area contributed by atoms with Gasteiger partial charge in [0.05, 0.1) is 24.5 Å². The summed E-state index contributed by atoms with van der Waals surface area (Å²) < 4.78 is 5.42. The van der Waals surface area contributed by atoms with Gasteiger partial charge < -0.3 is 14.8 Å². The topological polar surface area (TPSA) is 62.0 Å². The van der Waals surface area contributed by atoms with Crippen molar-refractivity contribution in [1.82, 2.24) is 0 Å². The van der Waals surface area contributed by atoms with Crippen LogP contribution < -0.4 is 0 Å². The molecular weight excluding hydrogens is 207 g/mol. The molecule has 0 saturated heterocycles. The molecule has 1 aliphatic rings. The maximum absolute atomic E-state index is 9.98. The molecule has 1 aliphatic heterocycles. The van der Waals surface area contributed by atoms with Crippen LogP contribution in [0, 0.1) is 0 Å². The molecule has 0 amide bonds. The van der Waals surface area contributed by atoms with Crippen LogP contribution in [0.5, 0.6) is 0 Å². The van der Waals surface area contributed by atoms with E-state index in [1.807, 2.05) is 0 Å². The third kappa shape index (κ3) is 2.52. The lowest BCUT2D eigenvalue weighted by Crippen LogP contribution is -2.57. The summed E-state index contributed by atoms with van der Waals surface area (Å²) in [6.07, 6.45) is 5.05. The van der Waals surface area contributed by atoms with Gasteiger partial charge in [-0.15, -0.1) is 5.10 Å². The molecule has 1 rings (SSSR count). The van der Waals surface area contributed by atoms with Crippen molar-refractivity contribution in [3.63, 3.8) is 0 Å². The average Bonchev–Trinajstić information content (AvgIpc) is 2.50. The summed E-state index contributed by atoms with van der Waals surface area (Å²) in [7, 11) is 0.571. The van der Waals surface area contributed by atoms with Gasteiger partial charge in [0.15, 0.2) is 0 Å². The van der Waals surface area contributed by atoms with E-state index in [2.05, 4.69) is 5.10 Å². The molecule has 90 valence electrons. The van der Waals surface area contributed by atoms with Gasteiger partial charge in [-0.3, -0.25) is 0 Å². The van der Waals surface area contributed by atoms with Gasteiger partial charge in [-0.1, -0.05) is 0 Å². The van der Waals surface area contributed by atoms with Crippen LogP contribution in [0.3, 0.4) is 0 Å². The van der Waals surface area contributed by atoms with Crippen molar-refractivity contribution >= 4 is 13.5 Å². The van der Waals surface area contributed by atoms with Crippen molar-refractivity contribution in [2.75, 3.05) is 7.05 Å². The zero-order valence-corrected chi connectivity index (χ0v) is 10.5. The Bertz CT molecular complexity index is 309. The van der Waals surface area contributed by atoms with E-state index in [1.165, 1.54) is 0 Å². The Labute approximate surface area is 96.8 Å². The van der Waals surface area contributed by atoms with Crippen LogP contribution in [-0.2, 0) is 4.65 Å². The average molecular weight is 227 g/mol. The summed E-state index contributed by atoms with van der Waals surface area (Å²) in [5, 5.41) is 24.0. The second-order valence-electron chi connectivity index (χ2n) is 5.22. The minimum absolute atomic E-state index is 0.0838. The number of hydrogen-bond acceptors (Lipinski definition) is 4. The summed E-state index contributed by atoms with van der Waals surface area (Å²) in [6, 6.07) is 0. The standard InChI is InChI=1S/C10H20BN2O3/c1-9(2,14)10(3,4)16-11(15)13(5)8-6-7-12-13/h6-8,14-15H,1-5H3/q+1. The van der Waals surface area contributed by atoms with Crippen molar-refractivity contribution in [1.29, 1.82) is 0 Å². The predicted molar refractivity (Wildman–Crippen MR) is 63.3 cm³/mol. The van der Waals surface area contributed by atoms with Gasteiger partial charge in [-0.25, -0.2) is 0 Å². The molecule has 0 aromatic rings. The fourth-order valence-corrected chi connectivity index (χ4v) is 1.08. The number of nitrogens with zero attached hydrogens (tertiary/aromatic N) is 2. The molecule has 0 saturated carbocycles. The quantitative estimate of drug-likeness (QED) is 0.687. The summed E-state index contributed by atoms with van der Waals surface area (Å²) in [5.41, 5.74) is -1.93. The van der Waals surface area contributed by atoms with Crippen molar-refractivity contribution in [3.05, 3.63) is 12.3 Å². The first-order valence-electron chi connectivity index (χ1n) is 5.26. The first-order chi connectivity index (χ1) is 7.08. The lowest BCUT2D eigenvalue weighted by Gasteiger charge is -2.38. The molecule has 0 aromatic heterocycles. The van der Waals surface area contributed by atoms with Gasteiger partial charge in [0, 0.05) is 6.08 Å². The lowest BCUT2D eigenvalue weighted by molar-refractivity contribution is -0.773. The maximum atomic E-state index is 9.98. The number of aliphatic hydroxyl groups is 1. The number of allylic oxidation sites excluding steroid dienone is 1. The van der Waals surface area contributed by atoms with E-state index in [4.69, 9.17) is 4.65 Å². The molecule has 0 radical (unpaired) electrons. The Morgan fingerprint density at radius 1 is 1.31 bits per heavy atom. The zero-order valence-electron chi connectivity index (χ0n) is 10.5. The van der Waals surface area contributed by atoms with Gasteiger partial charge in [-0.2, -0.15) is 4.50 Å². The minimum atomic E-state index is -1.14. The maximum Gasteiger partial charge on any atom is 0.789 e. The van der Waals surface area contributed by atoms with Crippen LogP contribution in [0.2, 0.25) is 0 Å². The molecule has 0 bridgehead atoms. The van der Waals surface area contributed by atoms with E-state index in [0.717, 1.165) is 0 Å². The molecule has 0 spiro atoms. The van der Waals surface area contributed by atoms with E-state index in [-0.39, 0.29) is 4.50 Å². The largest absolute Gasteiger partial charge is 0.789 e. The highest BCUT2D eigenvalue weighted by atomic mass is 16.6. The molecule has 0 fully saturated rings. The van der Waals surface area contributed by atoms with Gasteiger partial charge in [-0.05, 0) is 27.7 Å². The highest BCUT2D eigenvalue weighted by Gasteiger charge is 2.50. The molecule has 2 N–H and O–H groups in total. The molecule has 16 heavy (non-hydrogen) atoms. The van der Waals surface area contributed by atoms with Gasteiger partial charge >= 0.3 is 7.25 Å². The Morgan fingerprint density at radius 2 is 1.88 bits per heavy atom. The summed E-state index contributed by atoms with van der Waals surface area (Å²) >= 11 is 0. The van der Waals surface area contributed by atoms with Crippen LogP contribution >= 0.6 is 0 Å². The number of hydrogen-bond donors (Lipinski definition) is 2. The summed E-state index contributed by atoms with van der Waals surface area (Å²) in [5.74, 6) is 0. The normalized spacial score (nSPS) is 25.2. The van der Waals surface area contributed by atoms with Crippen LogP contribution in [-0.4, -0.2) is 46.4 Å². The fraction of sp³-hybridized carbons (Fsp3) is 0.700. The Kier molecular flexibility index (Phi) is 3.31. The third-order valence-corrected chi connectivity index (χ3v) is 3.11. The van der Waals surface area contributed by atoms with E-state index < -0.39 is 18.5 Å². The predicted octanol–water partition coefficient (Wildman–Crippen LogP) is 0.489. The highest BCUT2D eigenvalue weighted by Crippen LogP contribution is 2.27. The summed E-state index contributed by atoms with van der Waals surface area (Å²) in [6.45, 7) is 6.74. The minimum Gasteiger partial charge on any atom is -0.388 e.